The summed E-state index contributed by atoms with van der Waals surface area (Å²) in [6.07, 6.45) is 3.75. The van der Waals surface area contributed by atoms with Crippen LogP contribution in [0.3, 0.4) is 0 Å². The van der Waals surface area contributed by atoms with Gasteiger partial charge in [-0.15, -0.1) is 12.4 Å². The van der Waals surface area contributed by atoms with Gasteiger partial charge in [-0.1, -0.05) is 18.2 Å². The first-order valence-electron chi connectivity index (χ1n) is 9.05. The van der Waals surface area contributed by atoms with Crippen LogP contribution in [0.25, 0.3) is 11.0 Å². The van der Waals surface area contributed by atoms with Crippen molar-refractivity contribution < 1.29 is 9.13 Å². The number of aryl methyl sites for hydroxylation is 1. The molecule has 148 valence electrons. The monoisotopic (exact) mass is 404 g/mol. The van der Waals surface area contributed by atoms with Gasteiger partial charge in [0.1, 0.15) is 11.5 Å². The summed E-state index contributed by atoms with van der Waals surface area (Å²) < 4.78 is 20.8. The topological polar surface area (TPSA) is 69.0 Å². The summed E-state index contributed by atoms with van der Waals surface area (Å²) in [5, 5.41) is 4.07. The van der Waals surface area contributed by atoms with Crippen molar-refractivity contribution in [1.82, 2.24) is 14.5 Å². The zero-order valence-electron chi connectivity index (χ0n) is 15.5. The van der Waals surface area contributed by atoms with E-state index in [1.54, 1.807) is 37.5 Å². The third-order valence-electron chi connectivity index (χ3n) is 4.92. The zero-order valence-corrected chi connectivity index (χ0v) is 16.3. The van der Waals surface area contributed by atoms with Crippen LogP contribution in [0.5, 0.6) is 0 Å². The number of aromatic nitrogens is 3. The minimum atomic E-state index is -0.313. The van der Waals surface area contributed by atoms with Crippen molar-refractivity contribution in [2.24, 2.45) is 7.05 Å². The lowest BCUT2D eigenvalue weighted by molar-refractivity contribution is 0.0903. The summed E-state index contributed by atoms with van der Waals surface area (Å²) in [7, 11) is 1.68. The van der Waals surface area contributed by atoms with E-state index in [2.05, 4.69) is 15.3 Å². The number of fused-ring (bicyclic) bond motifs is 1. The molecule has 4 rings (SSSR count). The Morgan fingerprint density at radius 1 is 1.25 bits per heavy atom. The van der Waals surface area contributed by atoms with E-state index < -0.39 is 0 Å². The summed E-state index contributed by atoms with van der Waals surface area (Å²) in [6, 6.07) is 8.52. The second-order valence-corrected chi connectivity index (χ2v) is 6.81. The van der Waals surface area contributed by atoms with Crippen LogP contribution in [-0.2, 0) is 18.2 Å². The van der Waals surface area contributed by atoms with E-state index >= 15 is 0 Å². The highest BCUT2D eigenvalue weighted by atomic mass is 35.5. The Balaban J connectivity index is 0.00000225. The van der Waals surface area contributed by atoms with Crippen LogP contribution in [0.2, 0.25) is 0 Å². The van der Waals surface area contributed by atoms with Gasteiger partial charge in [0.05, 0.1) is 0 Å². The molecule has 0 radical (unpaired) electrons. The SMILES string of the molecule is Cl.Cn1c(=O)c(Cc2ccccc2F)cc2cnc(NC3CCOCC3)nc21. The lowest BCUT2D eigenvalue weighted by atomic mass is 10.0. The maximum Gasteiger partial charge on any atom is 0.255 e. The normalized spacial score (nSPS) is 14.6. The maximum atomic E-state index is 13.9. The molecular formula is C20H22ClFN4O2. The van der Waals surface area contributed by atoms with E-state index in [9.17, 15) is 9.18 Å². The highest BCUT2D eigenvalue weighted by molar-refractivity contribution is 5.85. The lowest BCUT2D eigenvalue weighted by Crippen LogP contribution is -2.29. The van der Waals surface area contributed by atoms with Crippen molar-refractivity contribution in [3.8, 4) is 0 Å². The average molecular weight is 405 g/mol. The summed E-state index contributed by atoms with van der Waals surface area (Å²) in [6.45, 7) is 1.45. The Hall–Kier alpha value is -2.51. The molecule has 3 heterocycles. The molecule has 1 N–H and O–H groups in total. The molecule has 1 fully saturated rings. The summed E-state index contributed by atoms with van der Waals surface area (Å²) >= 11 is 0. The van der Waals surface area contributed by atoms with Crippen LogP contribution < -0.4 is 10.9 Å². The second-order valence-electron chi connectivity index (χ2n) is 6.81. The van der Waals surface area contributed by atoms with E-state index in [4.69, 9.17) is 4.74 Å². The fourth-order valence-electron chi connectivity index (χ4n) is 3.38. The van der Waals surface area contributed by atoms with Gasteiger partial charge < -0.3 is 10.1 Å². The summed E-state index contributed by atoms with van der Waals surface area (Å²) in [5.74, 6) is 0.193. The third-order valence-corrected chi connectivity index (χ3v) is 4.92. The van der Waals surface area contributed by atoms with Crippen LogP contribution in [-0.4, -0.2) is 33.8 Å². The standard InChI is InChI=1S/C20H21FN4O2.ClH/c1-25-18-15(12-22-20(24-18)23-16-6-8-27-9-7-16)11-14(19(25)26)10-13-4-2-3-5-17(13)21;/h2-5,11-12,16H,6-10H2,1H3,(H,22,23,24);1H. The fraction of sp³-hybridized carbons (Fsp3) is 0.350. The maximum absolute atomic E-state index is 13.9. The van der Waals surface area contributed by atoms with E-state index in [0.29, 0.717) is 22.7 Å². The van der Waals surface area contributed by atoms with Gasteiger partial charge in [0.15, 0.2) is 0 Å². The first kappa shape index (κ1) is 20.2. The number of hydrogen-bond acceptors (Lipinski definition) is 5. The molecule has 1 aliphatic rings. The van der Waals surface area contributed by atoms with Gasteiger partial charge in [0.2, 0.25) is 5.95 Å². The van der Waals surface area contributed by atoms with Crippen molar-refractivity contribution in [3.05, 3.63) is 63.8 Å². The molecule has 6 nitrogen and oxygen atoms in total. The van der Waals surface area contributed by atoms with Gasteiger partial charge >= 0.3 is 0 Å². The molecule has 0 aliphatic carbocycles. The Bertz CT molecular complexity index is 1030. The highest BCUT2D eigenvalue weighted by Crippen LogP contribution is 2.17. The Labute approximate surface area is 168 Å². The minimum Gasteiger partial charge on any atom is -0.381 e. The van der Waals surface area contributed by atoms with Crippen LogP contribution in [0, 0.1) is 5.82 Å². The molecule has 1 saturated heterocycles. The predicted molar refractivity (Wildman–Crippen MR) is 109 cm³/mol. The van der Waals surface area contributed by atoms with Gasteiger partial charge in [-0.25, -0.2) is 9.37 Å². The fourth-order valence-corrected chi connectivity index (χ4v) is 3.38. The van der Waals surface area contributed by atoms with Crippen molar-refractivity contribution in [2.75, 3.05) is 18.5 Å². The van der Waals surface area contributed by atoms with E-state index in [1.165, 1.54) is 10.6 Å². The molecule has 0 bridgehead atoms. The molecule has 2 aromatic heterocycles. The van der Waals surface area contributed by atoms with E-state index in [-0.39, 0.29) is 36.2 Å². The van der Waals surface area contributed by atoms with Crippen molar-refractivity contribution in [1.29, 1.82) is 0 Å². The van der Waals surface area contributed by atoms with Crippen LogP contribution in [0.15, 0.2) is 41.3 Å². The summed E-state index contributed by atoms with van der Waals surface area (Å²) in [4.78, 5) is 21.6. The van der Waals surface area contributed by atoms with Crippen LogP contribution >= 0.6 is 12.4 Å². The van der Waals surface area contributed by atoms with Gasteiger partial charge in [0, 0.05) is 49.9 Å². The predicted octanol–water partition coefficient (Wildman–Crippen LogP) is 3.07. The Morgan fingerprint density at radius 2 is 2.00 bits per heavy atom. The molecule has 1 aromatic carbocycles. The zero-order chi connectivity index (χ0) is 18.8. The third kappa shape index (κ3) is 4.15. The molecular weight excluding hydrogens is 383 g/mol. The molecule has 0 atom stereocenters. The van der Waals surface area contributed by atoms with Crippen molar-refractivity contribution >= 4 is 29.4 Å². The Morgan fingerprint density at radius 3 is 2.75 bits per heavy atom. The lowest BCUT2D eigenvalue weighted by Gasteiger charge is -2.23. The Kier molecular flexibility index (Phi) is 6.26. The number of anilines is 1. The van der Waals surface area contributed by atoms with Gasteiger partial charge in [-0.3, -0.25) is 9.36 Å². The summed E-state index contributed by atoms with van der Waals surface area (Å²) in [5.41, 5.74) is 1.39. The van der Waals surface area contributed by atoms with Gasteiger partial charge in [-0.2, -0.15) is 4.98 Å². The molecule has 0 unspecified atom stereocenters. The number of hydrogen-bond donors (Lipinski definition) is 1. The average Bonchev–Trinajstić information content (AvgIpc) is 2.69. The molecule has 28 heavy (non-hydrogen) atoms. The van der Waals surface area contributed by atoms with Gasteiger partial charge in [0.25, 0.3) is 5.56 Å². The van der Waals surface area contributed by atoms with E-state index in [0.717, 1.165) is 31.4 Å². The molecule has 8 heteroatoms. The minimum absolute atomic E-state index is 0. The number of nitrogens with one attached hydrogen (secondary N) is 1. The van der Waals surface area contributed by atoms with E-state index in [1.807, 2.05) is 0 Å². The highest BCUT2D eigenvalue weighted by Gasteiger charge is 2.16. The largest absolute Gasteiger partial charge is 0.381 e. The quantitative estimate of drug-likeness (QED) is 0.723. The molecule has 1 aliphatic heterocycles. The number of ether oxygens (including phenoxy) is 1. The van der Waals surface area contributed by atoms with Crippen LogP contribution in [0.4, 0.5) is 10.3 Å². The second kappa shape index (κ2) is 8.67. The number of rotatable bonds is 4. The number of halogens is 2. The van der Waals surface area contributed by atoms with Crippen molar-refractivity contribution in [2.45, 2.75) is 25.3 Å². The molecule has 3 aromatic rings. The molecule has 0 saturated carbocycles. The number of pyridine rings is 1. The smallest absolute Gasteiger partial charge is 0.255 e. The first-order valence-corrected chi connectivity index (χ1v) is 9.05. The number of nitrogens with zero attached hydrogens (tertiary/aromatic N) is 3. The molecule has 0 spiro atoms. The van der Waals surface area contributed by atoms with Crippen LogP contribution in [0.1, 0.15) is 24.0 Å². The number of benzene rings is 1. The van der Waals surface area contributed by atoms with Gasteiger partial charge in [-0.05, 0) is 30.5 Å². The van der Waals surface area contributed by atoms with Crippen molar-refractivity contribution in [3.63, 3.8) is 0 Å². The molecule has 0 amide bonds. The first-order chi connectivity index (χ1) is 13.1.